The van der Waals surface area contributed by atoms with Gasteiger partial charge in [-0.15, -0.1) is 11.3 Å². The lowest BCUT2D eigenvalue weighted by Gasteiger charge is -2.33. The van der Waals surface area contributed by atoms with Crippen LogP contribution in [0.4, 0.5) is 5.13 Å². The van der Waals surface area contributed by atoms with E-state index in [1.807, 2.05) is 23.9 Å². The lowest BCUT2D eigenvalue weighted by molar-refractivity contribution is -0.119. The molecule has 0 radical (unpaired) electrons. The summed E-state index contributed by atoms with van der Waals surface area (Å²) in [4.78, 5) is 21.1. The number of carbonyl (C=O) groups excluding carboxylic acids is 1. The first-order chi connectivity index (χ1) is 9.61. The van der Waals surface area contributed by atoms with Crippen molar-refractivity contribution in [3.63, 3.8) is 0 Å². The van der Waals surface area contributed by atoms with Gasteiger partial charge in [0.1, 0.15) is 0 Å². The van der Waals surface area contributed by atoms with Crippen molar-refractivity contribution in [2.45, 2.75) is 32.2 Å². The average Bonchev–Trinajstić information content (AvgIpc) is 2.88. The lowest BCUT2D eigenvalue weighted by atomic mass is 10.1. The largest absolute Gasteiger partial charge is 0.317 e. The predicted octanol–water partition coefficient (Wildman–Crippen LogP) is 1.35. The Morgan fingerprint density at radius 1 is 1.45 bits per heavy atom. The van der Waals surface area contributed by atoms with Gasteiger partial charge in [0.2, 0.25) is 5.91 Å². The maximum Gasteiger partial charge on any atom is 0.243 e. The molecule has 0 spiro atoms. The Balaban J connectivity index is 2.20. The molecule has 0 atom stereocenters. The molecule has 0 aromatic carbocycles. The van der Waals surface area contributed by atoms with E-state index in [2.05, 4.69) is 22.6 Å². The number of aromatic nitrogens is 1. The predicted molar refractivity (Wildman–Crippen MR) is 83.4 cm³/mol. The van der Waals surface area contributed by atoms with Crippen LogP contribution in [-0.4, -0.2) is 55.6 Å². The zero-order valence-corrected chi connectivity index (χ0v) is 13.4. The summed E-state index contributed by atoms with van der Waals surface area (Å²) in [6.45, 7) is 4.48. The molecule has 6 heteroatoms. The third-order valence-corrected chi connectivity index (χ3v) is 4.39. The summed E-state index contributed by atoms with van der Waals surface area (Å²) in [6.07, 6.45) is 2.92. The summed E-state index contributed by atoms with van der Waals surface area (Å²) in [5.41, 5.74) is 1.07. The number of nitrogens with one attached hydrogen (secondary N) is 1. The summed E-state index contributed by atoms with van der Waals surface area (Å²) < 4.78 is 0. The minimum absolute atomic E-state index is 0.152. The molecule has 20 heavy (non-hydrogen) atoms. The Hall–Kier alpha value is -0.980. The fourth-order valence-electron chi connectivity index (χ4n) is 2.45. The van der Waals surface area contributed by atoms with E-state index in [9.17, 15) is 4.79 Å². The van der Waals surface area contributed by atoms with Gasteiger partial charge in [0.05, 0.1) is 12.2 Å². The lowest BCUT2D eigenvalue weighted by Crippen LogP contribution is -2.49. The standard InChI is InChI=1S/C14H24N4OS/c1-4-11-10-20-14(16-11)18(13(19)9-17(2)3)12-5-7-15-8-6-12/h10,12,15H,4-9H2,1-3H3. The quantitative estimate of drug-likeness (QED) is 0.891. The van der Waals surface area contributed by atoms with Crippen molar-refractivity contribution in [1.82, 2.24) is 15.2 Å². The molecule has 1 fully saturated rings. The Morgan fingerprint density at radius 2 is 2.15 bits per heavy atom. The number of nitrogens with zero attached hydrogens (tertiary/aromatic N) is 3. The second-order valence-electron chi connectivity index (χ2n) is 5.46. The second-order valence-corrected chi connectivity index (χ2v) is 6.29. The van der Waals surface area contributed by atoms with Gasteiger partial charge in [-0.05, 0) is 46.4 Å². The van der Waals surface area contributed by atoms with Crippen LogP contribution < -0.4 is 10.2 Å². The Kier molecular flexibility index (Phi) is 5.51. The van der Waals surface area contributed by atoms with Crippen LogP contribution in [0.3, 0.4) is 0 Å². The molecule has 2 rings (SSSR count). The van der Waals surface area contributed by atoms with Crippen molar-refractivity contribution in [3.05, 3.63) is 11.1 Å². The van der Waals surface area contributed by atoms with E-state index in [0.717, 1.165) is 43.2 Å². The number of piperidine rings is 1. The van der Waals surface area contributed by atoms with Crippen LogP contribution in [0.25, 0.3) is 0 Å². The molecular formula is C14H24N4OS. The molecule has 1 amide bonds. The highest BCUT2D eigenvalue weighted by Gasteiger charge is 2.28. The van der Waals surface area contributed by atoms with E-state index in [1.54, 1.807) is 11.3 Å². The van der Waals surface area contributed by atoms with Crippen molar-refractivity contribution in [2.75, 3.05) is 38.6 Å². The van der Waals surface area contributed by atoms with Gasteiger partial charge >= 0.3 is 0 Å². The van der Waals surface area contributed by atoms with Gasteiger partial charge in [0.25, 0.3) is 0 Å². The van der Waals surface area contributed by atoms with Crippen molar-refractivity contribution in [1.29, 1.82) is 0 Å². The highest BCUT2D eigenvalue weighted by molar-refractivity contribution is 7.14. The first-order valence-electron chi connectivity index (χ1n) is 7.23. The molecule has 112 valence electrons. The number of carbonyl (C=O) groups is 1. The molecular weight excluding hydrogens is 272 g/mol. The van der Waals surface area contributed by atoms with Crippen LogP contribution in [0, 0.1) is 0 Å². The number of hydrogen-bond donors (Lipinski definition) is 1. The molecule has 5 nitrogen and oxygen atoms in total. The van der Waals surface area contributed by atoms with Crippen molar-refractivity contribution >= 4 is 22.4 Å². The van der Waals surface area contributed by atoms with E-state index < -0.39 is 0 Å². The molecule has 1 aliphatic heterocycles. The molecule has 1 aliphatic rings. The molecule has 1 aromatic rings. The minimum atomic E-state index is 0.152. The number of anilines is 1. The summed E-state index contributed by atoms with van der Waals surface area (Å²) in [7, 11) is 3.86. The van der Waals surface area contributed by atoms with Gasteiger partial charge in [-0.3, -0.25) is 9.69 Å². The number of rotatable bonds is 5. The monoisotopic (exact) mass is 296 g/mol. The molecule has 0 bridgehead atoms. The smallest absolute Gasteiger partial charge is 0.243 e. The van der Waals surface area contributed by atoms with Crippen molar-refractivity contribution in [3.8, 4) is 0 Å². The van der Waals surface area contributed by atoms with Gasteiger partial charge in [-0.2, -0.15) is 0 Å². The van der Waals surface area contributed by atoms with Crippen LogP contribution in [-0.2, 0) is 11.2 Å². The van der Waals surface area contributed by atoms with Gasteiger partial charge in [-0.1, -0.05) is 6.92 Å². The van der Waals surface area contributed by atoms with E-state index >= 15 is 0 Å². The third-order valence-electron chi connectivity index (χ3n) is 3.50. The van der Waals surface area contributed by atoms with Gasteiger partial charge in [0.15, 0.2) is 5.13 Å². The molecule has 0 unspecified atom stereocenters. The van der Waals surface area contributed by atoms with Gasteiger partial charge in [0, 0.05) is 11.4 Å². The van der Waals surface area contributed by atoms with Crippen LogP contribution in [0.2, 0.25) is 0 Å². The van der Waals surface area contributed by atoms with Crippen LogP contribution >= 0.6 is 11.3 Å². The summed E-state index contributed by atoms with van der Waals surface area (Å²) in [5.74, 6) is 0.152. The third kappa shape index (κ3) is 3.77. The number of likely N-dealkylation sites (N-methyl/N-ethyl adjacent to an activating group) is 1. The number of aryl methyl sites for hydroxylation is 1. The molecule has 0 saturated carbocycles. The zero-order chi connectivity index (χ0) is 14.5. The van der Waals surface area contributed by atoms with Crippen LogP contribution in [0.1, 0.15) is 25.5 Å². The summed E-state index contributed by atoms with van der Waals surface area (Å²) in [5, 5.41) is 6.28. The first-order valence-corrected chi connectivity index (χ1v) is 8.11. The Bertz CT molecular complexity index is 440. The van der Waals surface area contributed by atoms with E-state index in [0.29, 0.717) is 6.54 Å². The fraction of sp³-hybridized carbons (Fsp3) is 0.714. The molecule has 1 aromatic heterocycles. The van der Waals surface area contributed by atoms with Gasteiger partial charge in [-0.25, -0.2) is 4.98 Å². The van der Waals surface area contributed by atoms with Crippen molar-refractivity contribution in [2.24, 2.45) is 0 Å². The maximum absolute atomic E-state index is 12.6. The number of thiazole rings is 1. The van der Waals surface area contributed by atoms with Crippen LogP contribution in [0.15, 0.2) is 5.38 Å². The molecule has 2 heterocycles. The normalized spacial score (nSPS) is 16.6. The zero-order valence-electron chi connectivity index (χ0n) is 12.6. The van der Waals surface area contributed by atoms with E-state index in [1.165, 1.54) is 0 Å². The second kappa shape index (κ2) is 7.15. The SMILES string of the molecule is CCc1csc(N(C(=O)CN(C)C)C2CCNCC2)n1. The van der Waals surface area contributed by atoms with E-state index in [4.69, 9.17) is 0 Å². The fourth-order valence-corrected chi connectivity index (χ4v) is 3.44. The Labute approximate surface area is 125 Å². The van der Waals surface area contributed by atoms with E-state index in [-0.39, 0.29) is 11.9 Å². The highest BCUT2D eigenvalue weighted by Crippen LogP contribution is 2.26. The van der Waals surface area contributed by atoms with Crippen LogP contribution in [0.5, 0.6) is 0 Å². The van der Waals surface area contributed by atoms with Gasteiger partial charge < -0.3 is 10.2 Å². The summed E-state index contributed by atoms with van der Waals surface area (Å²) >= 11 is 1.59. The van der Waals surface area contributed by atoms with Crippen molar-refractivity contribution < 1.29 is 4.79 Å². The first kappa shape index (κ1) is 15.4. The maximum atomic E-state index is 12.6. The number of hydrogen-bond acceptors (Lipinski definition) is 5. The molecule has 1 saturated heterocycles. The minimum Gasteiger partial charge on any atom is -0.317 e. The molecule has 0 aliphatic carbocycles. The molecule has 1 N–H and O–H groups in total. The Morgan fingerprint density at radius 3 is 2.70 bits per heavy atom. The average molecular weight is 296 g/mol. The highest BCUT2D eigenvalue weighted by atomic mass is 32.1. The summed E-state index contributed by atoms with van der Waals surface area (Å²) in [6, 6.07) is 0.277. The topological polar surface area (TPSA) is 48.5 Å². The number of amides is 1.